The van der Waals surface area contributed by atoms with E-state index in [0.717, 1.165) is 0 Å². The molecule has 0 heterocycles. The third-order valence-electron chi connectivity index (χ3n) is 3.19. The molecule has 0 spiro atoms. The SMILES string of the molecule is CCC(Nc1ccc(F)cc1)(C(N)=O)C(C)C. The van der Waals surface area contributed by atoms with Crippen molar-refractivity contribution in [2.45, 2.75) is 32.7 Å². The van der Waals surface area contributed by atoms with Crippen LogP contribution in [0.15, 0.2) is 24.3 Å². The lowest BCUT2D eigenvalue weighted by molar-refractivity contribution is -0.123. The first-order valence-corrected chi connectivity index (χ1v) is 5.76. The number of hydrogen-bond donors (Lipinski definition) is 2. The number of anilines is 1. The number of amides is 1. The van der Waals surface area contributed by atoms with Crippen LogP contribution in [0.1, 0.15) is 27.2 Å². The minimum atomic E-state index is -0.794. The number of benzene rings is 1. The highest BCUT2D eigenvalue weighted by atomic mass is 19.1. The molecule has 1 amide bonds. The molecule has 0 aromatic heterocycles. The van der Waals surface area contributed by atoms with Crippen LogP contribution in [-0.4, -0.2) is 11.4 Å². The fourth-order valence-electron chi connectivity index (χ4n) is 1.95. The molecule has 1 aromatic rings. The van der Waals surface area contributed by atoms with Crippen LogP contribution in [0.4, 0.5) is 10.1 Å². The van der Waals surface area contributed by atoms with Crippen LogP contribution in [0.3, 0.4) is 0 Å². The number of carbonyl (C=O) groups excluding carboxylic acids is 1. The van der Waals surface area contributed by atoms with Crippen LogP contribution in [0.2, 0.25) is 0 Å². The van der Waals surface area contributed by atoms with Gasteiger partial charge < -0.3 is 11.1 Å². The zero-order valence-electron chi connectivity index (χ0n) is 10.5. The molecule has 3 N–H and O–H groups in total. The third-order valence-corrected chi connectivity index (χ3v) is 3.19. The van der Waals surface area contributed by atoms with Gasteiger partial charge in [0.05, 0.1) is 0 Å². The lowest BCUT2D eigenvalue weighted by Crippen LogP contribution is -2.54. The molecule has 94 valence electrons. The van der Waals surface area contributed by atoms with Crippen LogP contribution in [-0.2, 0) is 4.79 Å². The second-order valence-corrected chi connectivity index (χ2v) is 4.48. The molecule has 1 unspecified atom stereocenters. The van der Waals surface area contributed by atoms with Crippen LogP contribution in [0, 0.1) is 11.7 Å². The second kappa shape index (κ2) is 5.17. The van der Waals surface area contributed by atoms with Crippen molar-refractivity contribution >= 4 is 11.6 Å². The molecule has 0 saturated heterocycles. The zero-order chi connectivity index (χ0) is 13.1. The molecule has 0 aliphatic carbocycles. The van der Waals surface area contributed by atoms with Crippen LogP contribution in [0.25, 0.3) is 0 Å². The fraction of sp³-hybridized carbons (Fsp3) is 0.462. The smallest absolute Gasteiger partial charge is 0.243 e. The first-order chi connectivity index (χ1) is 7.92. The van der Waals surface area contributed by atoms with Gasteiger partial charge in [-0.1, -0.05) is 20.8 Å². The summed E-state index contributed by atoms with van der Waals surface area (Å²) in [6.45, 7) is 5.77. The maximum absolute atomic E-state index is 12.8. The Labute approximate surface area is 101 Å². The first-order valence-electron chi connectivity index (χ1n) is 5.76. The maximum atomic E-state index is 12.8. The number of nitrogens with one attached hydrogen (secondary N) is 1. The largest absolute Gasteiger partial charge is 0.371 e. The highest BCUT2D eigenvalue weighted by Crippen LogP contribution is 2.26. The Morgan fingerprint density at radius 3 is 2.29 bits per heavy atom. The summed E-state index contributed by atoms with van der Waals surface area (Å²) in [7, 11) is 0. The van der Waals surface area contributed by atoms with Crippen LogP contribution >= 0.6 is 0 Å². The summed E-state index contributed by atoms with van der Waals surface area (Å²) >= 11 is 0. The Balaban J connectivity index is 3.01. The van der Waals surface area contributed by atoms with Gasteiger partial charge in [0.1, 0.15) is 11.4 Å². The lowest BCUT2D eigenvalue weighted by Gasteiger charge is -2.35. The number of carbonyl (C=O) groups is 1. The summed E-state index contributed by atoms with van der Waals surface area (Å²) in [6, 6.07) is 5.91. The molecule has 17 heavy (non-hydrogen) atoms. The summed E-state index contributed by atoms with van der Waals surface area (Å²) in [5.74, 6) is -0.643. The molecule has 1 rings (SSSR count). The van der Waals surface area contributed by atoms with Gasteiger partial charge >= 0.3 is 0 Å². The van der Waals surface area contributed by atoms with Crippen molar-refractivity contribution in [2.24, 2.45) is 11.7 Å². The summed E-state index contributed by atoms with van der Waals surface area (Å²) in [5.41, 5.74) is 5.39. The summed E-state index contributed by atoms with van der Waals surface area (Å²) < 4.78 is 12.8. The van der Waals surface area contributed by atoms with E-state index in [4.69, 9.17) is 5.73 Å². The molecule has 0 fully saturated rings. The van der Waals surface area contributed by atoms with Crippen molar-refractivity contribution in [1.29, 1.82) is 0 Å². The Morgan fingerprint density at radius 2 is 1.94 bits per heavy atom. The van der Waals surface area contributed by atoms with Gasteiger partial charge in [-0.25, -0.2) is 4.39 Å². The van der Waals surface area contributed by atoms with Crippen molar-refractivity contribution in [3.05, 3.63) is 30.1 Å². The molecule has 1 atom stereocenters. The standard InChI is InChI=1S/C13H19FN2O/c1-4-13(9(2)3,12(15)17)16-11-7-5-10(14)6-8-11/h5-9,16H,4H2,1-3H3,(H2,15,17). The Hall–Kier alpha value is -1.58. The van der Waals surface area contributed by atoms with Gasteiger partial charge in [0.2, 0.25) is 5.91 Å². The number of hydrogen-bond acceptors (Lipinski definition) is 2. The van der Waals surface area contributed by atoms with E-state index in [2.05, 4.69) is 5.32 Å². The highest BCUT2D eigenvalue weighted by Gasteiger charge is 2.37. The van der Waals surface area contributed by atoms with Gasteiger partial charge in [0, 0.05) is 5.69 Å². The van der Waals surface area contributed by atoms with Crippen LogP contribution < -0.4 is 11.1 Å². The van der Waals surface area contributed by atoms with Gasteiger partial charge in [-0.2, -0.15) is 0 Å². The number of rotatable bonds is 5. The van der Waals surface area contributed by atoms with E-state index in [1.54, 1.807) is 12.1 Å². The predicted octanol–water partition coefficient (Wildman–Crippen LogP) is 2.53. The van der Waals surface area contributed by atoms with Crippen molar-refractivity contribution < 1.29 is 9.18 Å². The molecule has 0 aliphatic rings. The molecular formula is C13H19FN2O. The molecular weight excluding hydrogens is 219 g/mol. The Kier molecular flexibility index (Phi) is 4.10. The monoisotopic (exact) mass is 238 g/mol. The second-order valence-electron chi connectivity index (χ2n) is 4.48. The molecule has 0 bridgehead atoms. The fourth-order valence-corrected chi connectivity index (χ4v) is 1.95. The summed E-state index contributed by atoms with van der Waals surface area (Å²) in [5, 5.41) is 3.13. The van der Waals surface area contributed by atoms with Crippen LogP contribution in [0.5, 0.6) is 0 Å². The minimum absolute atomic E-state index is 0.0510. The topological polar surface area (TPSA) is 55.1 Å². The average molecular weight is 238 g/mol. The minimum Gasteiger partial charge on any atom is -0.371 e. The molecule has 4 heteroatoms. The molecule has 0 radical (unpaired) electrons. The van der Waals surface area contributed by atoms with Crippen molar-refractivity contribution in [2.75, 3.05) is 5.32 Å². The van der Waals surface area contributed by atoms with Gasteiger partial charge in [-0.05, 0) is 36.6 Å². The van der Waals surface area contributed by atoms with E-state index in [1.807, 2.05) is 20.8 Å². The Bertz CT molecular complexity index is 389. The van der Waals surface area contributed by atoms with E-state index in [0.29, 0.717) is 12.1 Å². The van der Waals surface area contributed by atoms with E-state index in [9.17, 15) is 9.18 Å². The van der Waals surface area contributed by atoms with E-state index < -0.39 is 5.54 Å². The van der Waals surface area contributed by atoms with Gasteiger partial charge in [-0.15, -0.1) is 0 Å². The summed E-state index contributed by atoms with van der Waals surface area (Å²) in [6.07, 6.45) is 0.581. The molecule has 0 saturated carbocycles. The number of nitrogens with two attached hydrogens (primary N) is 1. The maximum Gasteiger partial charge on any atom is 0.243 e. The zero-order valence-corrected chi connectivity index (χ0v) is 10.5. The number of halogens is 1. The predicted molar refractivity (Wildman–Crippen MR) is 67.1 cm³/mol. The van der Waals surface area contributed by atoms with E-state index in [-0.39, 0.29) is 17.6 Å². The van der Waals surface area contributed by atoms with Gasteiger partial charge in [-0.3, -0.25) is 4.79 Å². The third kappa shape index (κ3) is 2.75. The highest BCUT2D eigenvalue weighted by molar-refractivity contribution is 5.88. The molecule has 3 nitrogen and oxygen atoms in total. The van der Waals surface area contributed by atoms with E-state index >= 15 is 0 Å². The molecule has 1 aromatic carbocycles. The number of primary amides is 1. The average Bonchev–Trinajstić information content (AvgIpc) is 2.27. The van der Waals surface area contributed by atoms with Crippen molar-refractivity contribution in [1.82, 2.24) is 0 Å². The first kappa shape index (κ1) is 13.5. The lowest BCUT2D eigenvalue weighted by atomic mass is 9.83. The van der Waals surface area contributed by atoms with Crippen molar-refractivity contribution in [3.63, 3.8) is 0 Å². The Morgan fingerprint density at radius 1 is 1.41 bits per heavy atom. The van der Waals surface area contributed by atoms with Crippen molar-refractivity contribution in [3.8, 4) is 0 Å². The summed E-state index contributed by atoms with van der Waals surface area (Å²) in [4.78, 5) is 11.7. The molecule has 0 aliphatic heterocycles. The van der Waals surface area contributed by atoms with E-state index in [1.165, 1.54) is 12.1 Å². The quantitative estimate of drug-likeness (QED) is 0.828. The van der Waals surface area contributed by atoms with Gasteiger partial charge in [0.15, 0.2) is 0 Å². The normalized spacial score (nSPS) is 14.4. The van der Waals surface area contributed by atoms with Gasteiger partial charge in [0.25, 0.3) is 0 Å².